The predicted molar refractivity (Wildman–Crippen MR) is 54.1 cm³/mol. The predicted octanol–water partition coefficient (Wildman–Crippen LogP) is 0.714. The zero-order valence-electron chi connectivity index (χ0n) is 7.79. The molecule has 3 N–H and O–H groups in total. The normalized spacial score (nSPS) is 12.6. The summed E-state index contributed by atoms with van der Waals surface area (Å²) in [7, 11) is 0. The first-order valence-electron chi connectivity index (χ1n) is 4.38. The van der Waals surface area contributed by atoms with Gasteiger partial charge >= 0.3 is 5.97 Å². The minimum Gasteiger partial charge on any atom is -0.480 e. The molecular formula is C10H9N3O2. The molecule has 1 aromatic carbocycles. The van der Waals surface area contributed by atoms with E-state index in [1.807, 2.05) is 6.07 Å². The fraction of sp³-hybridized carbons (Fsp3) is 0.100. The van der Waals surface area contributed by atoms with E-state index < -0.39 is 12.0 Å². The van der Waals surface area contributed by atoms with E-state index in [1.54, 1.807) is 18.3 Å². The van der Waals surface area contributed by atoms with Gasteiger partial charge in [0.25, 0.3) is 0 Å². The summed E-state index contributed by atoms with van der Waals surface area (Å²) in [6.45, 7) is 0. The molecule has 15 heavy (non-hydrogen) atoms. The second-order valence-electron chi connectivity index (χ2n) is 3.16. The molecule has 0 fully saturated rings. The Balaban J connectivity index is 2.65. The summed E-state index contributed by atoms with van der Waals surface area (Å²) in [5.41, 5.74) is 6.11. The molecule has 1 atom stereocenters. The van der Waals surface area contributed by atoms with Gasteiger partial charge in [0.15, 0.2) is 0 Å². The quantitative estimate of drug-likeness (QED) is 0.750. The third-order valence-corrected chi connectivity index (χ3v) is 2.23. The maximum absolute atomic E-state index is 10.8. The van der Waals surface area contributed by atoms with E-state index in [4.69, 9.17) is 10.8 Å². The van der Waals surface area contributed by atoms with Gasteiger partial charge in [0.05, 0.1) is 12.4 Å². The van der Waals surface area contributed by atoms with Gasteiger partial charge in [0.2, 0.25) is 0 Å². The molecule has 5 nitrogen and oxygen atoms in total. The number of rotatable bonds is 2. The smallest absolute Gasteiger partial charge is 0.325 e. The van der Waals surface area contributed by atoms with Gasteiger partial charge in [-0.25, -0.2) is 0 Å². The Kier molecular flexibility index (Phi) is 2.31. The van der Waals surface area contributed by atoms with Crippen LogP contribution in [0.3, 0.4) is 0 Å². The number of nitrogens with two attached hydrogens (primary N) is 1. The molecule has 1 unspecified atom stereocenters. The largest absolute Gasteiger partial charge is 0.480 e. The Morgan fingerprint density at radius 2 is 2.07 bits per heavy atom. The van der Waals surface area contributed by atoms with Gasteiger partial charge < -0.3 is 10.8 Å². The number of aromatic nitrogens is 2. The van der Waals surface area contributed by atoms with Crippen LogP contribution in [0.4, 0.5) is 0 Å². The van der Waals surface area contributed by atoms with Gasteiger partial charge in [-0.2, -0.15) is 10.2 Å². The first-order valence-corrected chi connectivity index (χ1v) is 4.38. The number of carbonyl (C=O) groups is 1. The van der Waals surface area contributed by atoms with Crippen molar-refractivity contribution in [1.29, 1.82) is 0 Å². The van der Waals surface area contributed by atoms with Crippen molar-refractivity contribution in [2.45, 2.75) is 6.04 Å². The number of fused-ring (bicyclic) bond motifs is 1. The minimum atomic E-state index is -1.06. The number of carboxylic acid groups (broad SMARTS) is 1. The summed E-state index contributed by atoms with van der Waals surface area (Å²) in [5, 5.41) is 17.8. The number of nitrogens with zero attached hydrogens (tertiary/aromatic N) is 2. The summed E-state index contributed by atoms with van der Waals surface area (Å²) < 4.78 is 0. The van der Waals surface area contributed by atoms with Crippen molar-refractivity contribution < 1.29 is 9.90 Å². The molecule has 2 aromatic rings. The lowest BCUT2D eigenvalue weighted by Gasteiger charge is -2.09. The van der Waals surface area contributed by atoms with Crippen molar-refractivity contribution in [1.82, 2.24) is 10.2 Å². The Labute approximate surface area is 85.5 Å². The Hall–Kier alpha value is -2.01. The van der Waals surface area contributed by atoms with Gasteiger partial charge in [-0.05, 0) is 5.56 Å². The third kappa shape index (κ3) is 1.64. The van der Waals surface area contributed by atoms with Crippen molar-refractivity contribution in [3.8, 4) is 0 Å². The lowest BCUT2D eigenvalue weighted by atomic mass is 10.0. The molecule has 1 heterocycles. The van der Waals surface area contributed by atoms with E-state index in [0.29, 0.717) is 5.56 Å². The highest BCUT2D eigenvalue weighted by Crippen LogP contribution is 2.21. The van der Waals surface area contributed by atoms with Crippen molar-refractivity contribution in [2.75, 3.05) is 0 Å². The summed E-state index contributed by atoms with van der Waals surface area (Å²) in [6.07, 6.45) is 3.10. The minimum absolute atomic E-state index is 0.551. The zero-order chi connectivity index (χ0) is 10.8. The van der Waals surface area contributed by atoms with Crippen LogP contribution in [-0.4, -0.2) is 21.3 Å². The lowest BCUT2D eigenvalue weighted by molar-refractivity contribution is -0.138. The van der Waals surface area contributed by atoms with Crippen LogP contribution in [0.15, 0.2) is 30.6 Å². The number of benzene rings is 1. The fourth-order valence-electron chi connectivity index (χ4n) is 1.45. The molecule has 2 rings (SSSR count). The van der Waals surface area contributed by atoms with Gasteiger partial charge in [-0.1, -0.05) is 18.2 Å². The van der Waals surface area contributed by atoms with E-state index in [1.165, 1.54) is 6.20 Å². The summed E-state index contributed by atoms with van der Waals surface area (Å²) in [5.74, 6) is -1.06. The molecule has 0 saturated carbocycles. The maximum atomic E-state index is 10.8. The van der Waals surface area contributed by atoms with Crippen LogP contribution in [0.5, 0.6) is 0 Å². The van der Waals surface area contributed by atoms with E-state index in [-0.39, 0.29) is 0 Å². The Bertz CT molecular complexity index is 507. The molecule has 0 bridgehead atoms. The highest BCUT2D eigenvalue weighted by Gasteiger charge is 2.16. The Morgan fingerprint density at radius 1 is 1.33 bits per heavy atom. The monoisotopic (exact) mass is 203 g/mol. The topological polar surface area (TPSA) is 89.1 Å². The van der Waals surface area contributed by atoms with Crippen molar-refractivity contribution in [3.05, 3.63) is 36.2 Å². The van der Waals surface area contributed by atoms with E-state index >= 15 is 0 Å². The molecule has 0 aliphatic rings. The van der Waals surface area contributed by atoms with Gasteiger partial charge in [0, 0.05) is 10.8 Å². The van der Waals surface area contributed by atoms with Crippen LogP contribution in [-0.2, 0) is 4.79 Å². The maximum Gasteiger partial charge on any atom is 0.325 e. The van der Waals surface area contributed by atoms with Crippen LogP contribution >= 0.6 is 0 Å². The molecule has 0 radical (unpaired) electrons. The molecule has 0 spiro atoms. The zero-order valence-corrected chi connectivity index (χ0v) is 7.79. The summed E-state index contributed by atoms with van der Waals surface area (Å²) in [6, 6.07) is 4.24. The van der Waals surface area contributed by atoms with Gasteiger partial charge in [-0.3, -0.25) is 4.79 Å². The van der Waals surface area contributed by atoms with Crippen LogP contribution in [0.25, 0.3) is 10.8 Å². The van der Waals surface area contributed by atoms with E-state index in [9.17, 15) is 4.79 Å². The van der Waals surface area contributed by atoms with E-state index in [2.05, 4.69) is 10.2 Å². The molecule has 0 saturated heterocycles. The molecule has 0 aliphatic carbocycles. The van der Waals surface area contributed by atoms with Crippen LogP contribution < -0.4 is 5.73 Å². The van der Waals surface area contributed by atoms with Gasteiger partial charge in [0.1, 0.15) is 6.04 Å². The molecule has 5 heteroatoms. The fourth-order valence-corrected chi connectivity index (χ4v) is 1.45. The van der Waals surface area contributed by atoms with Gasteiger partial charge in [-0.15, -0.1) is 0 Å². The average Bonchev–Trinajstić information content (AvgIpc) is 2.27. The summed E-state index contributed by atoms with van der Waals surface area (Å²) >= 11 is 0. The number of carboxylic acids is 1. The van der Waals surface area contributed by atoms with Crippen LogP contribution in [0.1, 0.15) is 11.6 Å². The molecule has 76 valence electrons. The highest BCUT2D eigenvalue weighted by molar-refractivity contribution is 5.89. The number of hydrogen-bond acceptors (Lipinski definition) is 4. The first-order chi connectivity index (χ1) is 7.20. The van der Waals surface area contributed by atoms with Crippen molar-refractivity contribution in [2.24, 2.45) is 5.73 Å². The first kappa shape index (κ1) is 9.54. The van der Waals surface area contributed by atoms with Crippen molar-refractivity contribution in [3.63, 3.8) is 0 Å². The molecule has 1 aromatic heterocycles. The third-order valence-electron chi connectivity index (χ3n) is 2.23. The standard InChI is InChI=1S/C10H9N3O2/c11-9(10(14)15)7-3-1-2-6-4-12-13-5-8(6)7/h1-5,9H,11H2,(H,14,15). The van der Waals surface area contributed by atoms with Crippen LogP contribution in [0, 0.1) is 0 Å². The molecule has 0 aliphatic heterocycles. The molecular weight excluding hydrogens is 194 g/mol. The summed E-state index contributed by atoms with van der Waals surface area (Å²) in [4.78, 5) is 10.8. The second kappa shape index (κ2) is 3.62. The molecule has 0 amide bonds. The SMILES string of the molecule is NC(C(=O)O)c1cccc2cnncc12. The number of hydrogen-bond donors (Lipinski definition) is 2. The average molecular weight is 203 g/mol. The van der Waals surface area contributed by atoms with Crippen molar-refractivity contribution >= 4 is 16.7 Å². The Morgan fingerprint density at radius 3 is 2.80 bits per heavy atom. The van der Waals surface area contributed by atoms with E-state index in [0.717, 1.165) is 10.8 Å². The second-order valence-corrected chi connectivity index (χ2v) is 3.16. The van der Waals surface area contributed by atoms with Crippen LogP contribution in [0.2, 0.25) is 0 Å². The lowest BCUT2D eigenvalue weighted by Crippen LogP contribution is -2.20. The number of aliphatic carboxylic acids is 1. The highest BCUT2D eigenvalue weighted by atomic mass is 16.4.